The van der Waals surface area contributed by atoms with Gasteiger partial charge >= 0.3 is 0 Å². The van der Waals surface area contributed by atoms with E-state index in [1.54, 1.807) is 44.2 Å². The molecule has 11 heteroatoms. The Balaban J connectivity index is 1.55. The third-order valence-corrected chi connectivity index (χ3v) is 8.92. The number of benzene rings is 2. The van der Waals surface area contributed by atoms with Crippen LogP contribution in [0.4, 0.5) is 11.4 Å². The minimum absolute atomic E-state index is 0.0386. The first-order valence-corrected chi connectivity index (χ1v) is 14.3. The molecule has 0 radical (unpaired) electrons. The molecule has 3 aromatic rings. The number of amides is 2. The van der Waals surface area contributed by atoms with E-state index in [1.807, 2.05) is 20.0 Å². The molecule has 0 saturated carbocycles. The molecule has 0 bridgehead atoms. The number of carbonyl (C=O) groups is 2. The van der Waals surface area contributed by atoms with Crippen LogP contribution in [-0.2, 0) is 32.6 Å². The maximum atomic E-state index is 14.0. The number of carbonyl (C=O) groups excluding carboxylic acids is 2. The van der Waals surface area contributed by atoms with Gasteiger partial charge in [0.2, 0.25) is 11.8 Å². The first kappa shape index (κ1) is 27.7. The maximum absolute atomic E-state index is 14.0. The molecule has 0 fully saturated rings. The Morgan fingerprint density at radius 3 is 2.63 bits per heavy atom. The minimum Gasteiger partial charge on any atom is -0.356 e. The Morgan fingerprint density at radius 1 is 1.16 bits per heavy atom. The summed E-state index contributed by atoms with van der Waals surface area (Å²) in [5.74, 6) is 0.0125. The number of rotatable bonds is 9. The van der Waals surface area contributed by atoms with Crippen molar-refractivity contribution in [3.05, 3.63) is 70.3 Å². The van der Waals surface area contributed by atoms with Crippen LogP contribution in [0.1, 0.15) is 42.4 Å². The number of hydrogen-bond acceptors (Lipinski definition) is 5. The van der Waals surface area contributed by atoms with Crippen molar-refractivity contribution in [3.63, 3.8) is 0 Å². The van der Waals surface area contributed by atoms with Gasteiger partial charge in [-0.25, -0.2) is 13.4 Å². The van der Waals surface area contributed by atoms with Gasteiger partial charge < -0.3 is 15.2 Å². The second kappa shape index (κ2) is 11.2. The number of para-hydroxylation sites is 2. The van der Waals surface area contributed by atoms with Crippen molar-refractivity contribution in [2.45, 2.75) is 64.4 Å². The third-order valence-electron chi connectivity index (χ3n) is 6.55. The summed E-state index contributed by atoms with van der Waals surface area (Å²) in [4.78, 5) is 30.6. The molecule has 2 N–H and O–H groups in total. The molecule has 38 heavy (non-hydrogen) atoms. The summed E-state index contributed by atoms with van der Waals surface area (Å²) in [7, 11) is -4.22. The normalized spacial score (nSPS) is 15.2. The van der Waals surface area contributed by atoms with Crippen LogP contribution in [-0.4, -0.2) is 42.4 Å². The quantitative estimate of drug-likeness (QED) is 0.384. The largest absolute Gasteiger partial charge is 0.356 e. The molecular weight excluding hydrogens is 526 g/mol. The van der Waals surface area contributed by atoms with E-state index in [2.05, 4.69) is 20.2 Å². The van der Waals surface area contributed by atoms with Gasteiger partial charge in [0.05, 0.1) is 28.4 Å². The van der Waals surface area contributed by atoms with Gasteiger partial charge in [0.15, 0.2) is 0 Å². The number of aryl methyl sites for hydroxylation is 5. The van der Waals surface area contributed by atoms with Gasteiger partial charge in [0.25, 0.3) is 10.0 Å². The van der Waals surface area contributed by atoms with E-state index < -0.39 is 27.9 Å². The van der Waals surface area contributed by atoms with Gasteiger partial charge in [0, 0.05) is 30.7 Å². The molecule has 9 nitrogen and oxygen atoms in total. The minimum atomic E-state index is -4.22. The number of nitrogens with zero attached hydrogens (tertiary/aromatic N) is 3. The smallest absolute Gasteiger partial charge is 0.265 e. The molecule has 2 heterocycles. The monoisotopic (exact) mass is 557 g/mol. The van der Waals surface area contributed by atoms with Gasteiger partial charge in [-0.05, 0) is 62.6 Å². The molecule has 0 aliphatic carbocycles. The van der Waals surface area contributed by atoms with E-state index in [0.29, 0.717) is 47.0 Å². The summed E-state index contributed by atoms with van der Waals surface area (Å²) in [5, 5.41) is 6.04. The van der Waals surface area contributed by atoms with Crippen molar-refractivity contribution >= 4 is 44.8 Å². The lowest BCUT2D eigenvalue weighted by atomic mass is 10.1. The molecule has 1 unspecified atom stereocenters. The molecule has 0 spiro atoms. The van der Waals surface area contributed by atoms with Crippen LogP contribution in [0.3, 0.4) is 0 Å². The van der Waals surface area contributed by atoms with Gasteiger partial charge in [-0.2, -0.15) is 0 Å². The number of anilines is 2. The summed E-state index contributed by atoms with van der Waals surface area (Å²) >= 11 is 6.21. The van der Waals surface area contributed by atoms with Crippen molar-refractivity contribution in [2.24, 2.45) is 0 Å². The number of hydrogen-bond donors (Lipinski definition) is 2. The highest BCUT2D eigenvalue weighted by Crippen LogP contribution is 2.38. The average molecular weight is 558 g/mol. The van der Waals surface area contributed by atoms with Crippen LogP contribution in [0.15, 0.2) is 47.5 Å². The Hall–Kier alpha value is -3.37. The molecule has 2 aromatic carbocycles. The van der Waals surface area contributed by atoms with E-state index in [-0.39, 0.29) is 11.3 Å². The van der Waals surface area contributed by atoms with E-state index in [4.69, 9.17) is 11.6 Å². The second-order valence-corrected chi connectivity index (χ2v) is 11.6. The highest BCUT2D eigenvalue weighted by molar-refractivity contribution is 7.93. The average Bonchev–Trinajstić information content (AvgIpc) is 3.23. The lowest BCUT2D eigenvalue weighted by molar-refractivity contribution is -0.125. The van der Waals surface area contributed by atoms with Crippen LogP contribution < -0.4 is 14.9 Å². The van der Waals surface area contributed by atoms with Crippen molar-refractivity contribution in [1.82, 2.24) is 14.9 Å². The number of fused-ring (bicyclic) bond motifs is 1. The Labute approximate surface area is 228 Å². The standard InChI is InChI=1S/C27H32ClN5O4S/c1-5-25-30-19(4)16-32(25)12-8-11-29-26(34)15-23-27(35)31-21-9-6-7-10-22(21)33(23)38(36,37)24-14-17(2)20(28)13-18(24)3/h6-7,9-10,13-14,16,23H,5,8,11-12,15H2,1-4H3,(H,29,34)(H,31,35). The highest BCUT2D eigenvalue weighted by Gasteiger charge is 2.42. The molecule has 0 saturated heterocycles. The first-order chi connectivity index (χ1) is 18.0. The summed E-state index contributed by atoms with van der Waals surface area (Å²) in [6, 6.07) is 8.49. The summed E-state index contributed by atoms with van der Waals surface area (Å²) in [6.45, 7) is 8.43. The predicted molar refractivity (Wildman–Crippen MR) is 148 cm³/mol. The molecule has 2 amide bonds. The third kappa shape index (κ3) is 5.56. The summed E-state index contributed by atoms with van der Waals surface area (Å²) < 4.78 is 31.2. The van der Waals surface area contributed by atoms with E-state index in [0.717, 1.165) is 22.2 Å². The van der Waals surface area contributed by atoms with E-state index in [1.165, 1.54) is 6.07 Å². The van der Waals surface area contributed by atoms with Gasteiger partial charge in [-0.3, -0.25) is 13.9 Å². The lowest BCUT2D eigenvalue weighted by Gasteiger charge is -2.37. The highest BCUT2D eigenvalue weighted by atomic mass is 35.5. The molecule has 4 rings (SSSR count). The zero-order chi connectivity index (χ0) is 27.6. The fourth-order valence-corrected chi connectivity index (χ4v) is 6.82. The van der Waals surface area contributed by atoms with E-state index >= 15 is 0 Å². The molecule has 1 aliphatic rings. The van der Waals surface area contributed by atoms with Crippen molar-refractivity contribution in [1.29, 1.82) is 0 Å². The fourth-order valence-electron chi connectivity index (χ4n) is 4.67. The Kier molecular flexibility index (Phi) is 8.13. The van der Waals surface area contributed by atoms with Crippen LogP contribution in [0.5, 0.6) is 0 Å². The lowest BCUT2D eigenvalue weighted by Crippen LogP contribution is -2.52. The number of aromatic nitrogens is 2. The number of nitrogens with one attached hydrogen (secondary N) is 2. The van der Waals surface area contributed by atoms with Gasteiger partial charge in [0.1, 0.15) is 11.9 Å². The number of sulfonamides is 1. The summed E-state index contributed by atoms with van der Waals surface area (Å²) in [5.41, 5.74) is 2.66. The Morgan fingerprint density at radius 2 is 1.89 bits per heavy atom. The van der Waals surface area contributed by atoms with E-state index in [9.17, 15) is 18.0 Å². The second-order valence-electron chi connectivity index (χ2n) is 9.44. The predicted octanol–water partition coefficient (Wildman–Crippen LogP) is 4.14. The number of imidazole rings is 1. The van der Waals surface area contributed by atoms with Gasteiger partial charge in [-0.15, -0.1) is 0 Å². The fraction of sp³-hybridized carbons (Fsp3) is 0.370. The molecule has 1 aliphatic heterocycles. The molecule has 1 aromatic heterocycles. The molecule has 202 valence electrons. The SMILES string of the molecule is CCc1nc(C)cn1CCCNC(=O)CC1C(=O)Nc2ccccc2N1S(=O)(=O)c1cc(C)c(Cl)cc1C. The Bertz CT molecular complexity index is 1480. The van der Waals surface area contributed by atoms with Crippen molar-refractivity contribution < 1.29 is 18.0 Å². The van der Waals surface area contributed by atoms with Crippen LogP contribution in [0.25, 0.3) is 0 Å². The van der Waals surface area contributed by atoms with Crippen LogP contribution in [0, 0.1) is 20.8 Å². The maximum Gasteiger partial charge on any atom is 0.265 e. The van der Waals surface area contributed by atoms with Crippen LogP contribution >= 0.6 is 11.6 Å². The summed E-state index contributed by atoms with van der Waals surface area (Å²) in [6.07, 6.45) is 3.14. The zero-order valence-corrected chi connectivity index (χ0v) is 23.5. The molecular formula is C27H32ClN5O4S. The van der Waals surface area contributed by atoms with Gasteiger partial charge in [-0.1, -0.05) is 30.7 Å². The van der Waals surface area contributed by atoms with Crippen molar-refractivity contribution in [2.75, 3.05) is 16.2 Å². The topological polar surface area (TPSA) is 113 Å². The molecule has 1 atom stereocenters. The van der Waals surface area contributed by atoms with Crippen LogP contribution in [0.2, 0.25) is 5.02 Å². The zero-order valence-electron chi connectivity index (χ0n) is 21.9. The number of halogens is 1. The van der Waals surface area contributed by atoms with Crippen molar-refractivity contribution in [3.8, 4) is 0 Å². The first-order valence-electron chi connectivity index (χ1n) is 12.5.